The van der Waals surface area contributed by atoms with Gasteiger partial charge in [0.15, 0.2) is 0 Å². The summed E-state index contributed by atoms with van der Waals surface area (Å²) in [4.78, 5) is 24.3. The number of anilines is 1. The number of hydrogen-bond acceptors (Lipinski definition) is 7. The number of carbonyl (C=O) groups is 1. The van der Waals surface area contributed by atoms with E-state index < -0.39 is 5.60 Å². The van der Waals surface area contributed by atoms with Crippen LogP contribution in [0.4, 0.5) is 10.5 Å². The van der Waals surface area contributed by atoms with Gasteiger partial charge in [0, 0.05) is 36.5 Å². The van der Waals surface area contributed by atoms with Crippen molar-refractivity contribution >= 4 is 22.8 Å². The van der Waals surface area contributed by atoms with Crippen LogP contribution in [-0.2, 0) is 4.74 Å². The number of nitrogens with zero attached hydrogens (tertiary/aromatic N) is 5. The molecule has 37 heavy (non-hydrogen) atoms. The Morgan fingerprint density at radius 2 is 2.00 bits per heavy atom. The molecule has 2 aromatic heterocycles. The summed E-state index contributed by atoms with van der Waals surface area (Å²) >= 11 is 0. The van der Waals surface area contributed by atoms with Crippen LogP contribution in [0.1, 0.15) is 70.5 Å². The third kappa shape index (κ3) is 5.14. The van der Waals surface area contributed by atoms with Crippen LogP contribution in [0.15, 0.2) is 30.6 Å². The molecule has 3 aromatic rings. The molecule has 1 aliphatic heterocycles. The molecule has 3 N–H and O–H groups in total. The van der Waals surface area contributed by atoms with Crippen LogP contribution in [0.25, 0.3) is 22.3 Å². The van der Waals surface area contributed by atoms with Crippen molar-refractivity contribution in [3.63, 3.8) is 0 Å². The van der Waals surface area contributed by atoms with Gasteiger partial charge in [-0.2, -0.15) is 5.10 Å². The first kappa shape index (κ1) is 24.2. The fraction of sp³-hybridized carbons (Fsp3) is 0.571. The molecule has 1 amide bonds. The molecule has 3 heterocycles. The fourth-order valence-electron chi connectivity index (χ4n) is 5.47. The molecule has 9 heteroatoms. The standard InChI is InChI=1S/C28H37N7O2/c1-28(2,3)37-27(36)31-19-8-9-34(15-19)20-6-7-23-24(12-20)32-25(14-30-23)22-16-35(21-10-17(11-21)13-29)33-26(22)18-4-5-18/h6-7,12,14,16-19,21H,4-5,8-11,13,15,29H2,1-3H3,(H,31,36)/t17-,19?,21-. The number of nitrogens with one attached hydrogen (secondary N) is 1. The Kier molecular flexibility index (Phi) is 6.06. The van der Waals surface area contributed by atoms with E-state index in [2.05, 4.69) is 33.2 Å². The average Bonchev–Trinajstić information content (AvgIpc) is 3.40. The number of rotatable bonds is 6. The Labute approximate surface area is 217 Å². The molecular formula is C28H37N7O2. The molecule has 1 unspecified atom stereocenters. The summed E-state index contributed by atoms with van der Waals surface area (Å²) < 4.78 is 7.58. The first-order chi connectivity index (χ1) is 17.8. The maximum Gasteiger partial charge on any atom is 0.407 e. The number of benzene rings is 1. The monoisotopic (exact) mass is 503 g/mol. The maximum absolute atomic E-state index is 12.2. The molecule has 196 valence electrons. The van der Waals surface area contributed by atoms with Crippen molar-refractivity contribution in [3.05, 3.63) is 36.3 Å². The van der Waals surface area contributed by atoms with Crippen LogP contribution >= 0.6 is 0 Å². The Morgan fingerprint density at radius 1 is 1.19 bits per heavy atom. The largest absolute Gasteiger partial charge is 0.444 e. The van der Waals surface area contributed by atoms with E-state index in [9.17, 15) is 4.79 Å². The zero-order chi connectivity index (χ0) is 25.7. The van der Waals surface area contributed by atoms with E-state index in [1.807, 2.05) is 33.0 Å². The minimum absolute atomic E-state index is 0.0558. The second-order valence-electron chi connectivity index (χ2n) is 11.9. The summed E-state index contributed by atoms with van der Waals surface area (Å²) in [6, 6.07) is 6.73. The van der Waals surface area contributed by atoms with Gasteiger partial charge in [-0.3, -0.25) is 9.67 Å². The lowest BCUT2D eigenvalue weighted by atomic mass is 9.80. The van der Waals surface area contributed by atoms with Crippen LogP contribution in [0, 0.1) is 5.92 Å². The van der Waals surface area contributed by atoms with E-state index >= 15 is 0 Å². The van der Waals surface area contributed by atoms with Crippen molar-refractivity contribution in [2.45, 2.75) is 76.5 Å². The first-order valence-corrected chi connectivity index (χ1v) is 13.6. The maximum atomic E-state index is 12.2. The van der Waals surface area contributed by atoms with E-state index in [0.29, 0.717) is 17.9 Å². The van der Waals surface area contributed by atoms with Crippen molar-refractivity contribution < 1.29 is 9.53 Å². The summed E-state index contributed by atoms with van der Waals surface area (Å²) in [5.74, 6) is 1.15. The van der Waals surface area contributed by atoms with Crippen molar-refractivity contribution in [1.82, 2.24) is 25.1 Å². The molecule has 2 aliphatic carbocycles. The molecule has 0 radical (unpaired) electrons. The Hall–Kier alpha value is -3.20. The molecule has 0 spiro atoms. The minimum atomic E-state index is -0.502. The lowest BCUT2D eigenvalue weighted by Gasteiger charge is -2.34. The number of nitrogens with two attached hydrogens (primary N) is 1. The smallest absolute Gasteiger partial charge is 0.407 e. The van der Waals surface area contributed by atoms with Gasteiger partial charge in [0.25, 0.3) is 0 Å². The van der Waals surface area contributed by atoms with E-state index in [0.717, 1.165) is 72.6 Å². The van der Waals surface area contributed by atoms with E-state index in [-0.39, 0.29) is 12.1 Å². The van der Waals surface area contributed by atoms with Gasteiger partial charge in [-0.05, 0) is 83.5 Å². The zero-order valence-electron chi connectivity index (χ0n) is 22.0. The van der Waals surface area contributed by atoms with Gasteiger partial charge >= 0.3 is 6.09 Å². The van der Waals surface area contributed by atoms with Gasteiger partial charge in [-0.15, -0.1) is 0 Å². The van der Waals surface area contributed by atoms with Crippen LogP contribution < -0.4 is 16.0 Å². The highest BCUT2D eigenvalue weighted by Gasteiger charge is 2.35. The van der Waals surface area contributed by atoms with Gasteiger partial charge in [0.1, 0.15) is 5.60 Å². The lowest BCUT2D eigenvalue weighted by Crippen LogP contribution is -2.40. The zero-order valence-corrected chi connectivity index (χ0v) is 22.0. The van der Waals surface area contributed by atoms with Gasteiger partial charge in [0.05, 0.1) is 40.7 Å². The molecule has 9 nitrogen and oxygen atoms in total. The third-order valence-electron chi connectivity index (χ3n) is 7.72. The molecule has 1 atom stereocenters. The molecule has 3 aliphatic rings. The summed E-state index contributed by atoms with van der Waals surface area (Å²) in [5.41, 5.74) is 11.3. The van der Waals surface area contributed by atoms with E-state index in [1.54, 1.807) is 0 Å². The van der Waals surface area contributed by atoms with Crippen LogP contribution in [0.3, 0.4) is 0 Å². The van der Waals surface area contributed by atoms with Gasteiger partial charge in [-0.1, -0.05) is 0 Å². The fourth-order valence-corrected chi connectivity index (χ4v) is 5.47. The number of fused-ring (bicyclic) bond motifs is 1. The van der Waals surface area contributed by atoms with Crippen LogP contribution in [0.2, 0.25) is 0 Å². The summed E-state index contributed by atoms with van der Waals surface area (Å²) in [7, 11) is 0. The number of alkyl carbamates (subject to hydrolysis) is 1. The third-order valence-corrected chi connectivity index (χ3v) is 7.72. The number of carbonyl (C=O) groups excluding carboxylic acids is 1. The topological polar surface area (TPSA) is 111 Å². The highest BCUT2D eigenvalue weighted by Crippen LogP contribution is 2.45. The molecule has 1 saturated heterocycles. The molecule has 3 fully saturated rings. The molecule has 1 aromatic carbocycles. The highest BCUT2D eigenvalue weighted by molar-refractivity contribution is 5.81. The number of aromatic nitrogens is 4. The van der Waals surface area contributed by atoms with Gasteiger partial charge in [0.2, 0.25) is 0 Å². The molecule has 6 rings (SSSR count). The molecular weight excluding hydrogens is 466 g/mol. The Balaban J connectivity index is 1.21. The predicted molar refractivity (Wildman–Crippen MR) is 144 cm³/mol. The number of hydrogen-bond donors (Lipinski definition) is 2. The highest BCUT2D eigenvalue weighted by atomic mass is 16.6. The Morgan fingerprint density at radius 3 is 2.73 bits per heavy atom. The Bertz CT molecular complexity index is 1300. The second kappa shape index (κ2) is 9.28. The van der Waals surface area contributed by atoms with Crippen molar-refractivity contribution in [3.8, 4) is 11.3 Å². The number of ether oxygens (including phenoxy) is 1. The summed E-state index contributed by atoms with van der Waals surface area (Å²) in [6.07, 6.45) is 9.17. The van der Waals surface area contributed by atoms with E-state index in [4.69, 9.17) is 25.5 Å². The van der Waals surface area contributed by atoms with Crippen molar-refractivity contribution in [1.29, 1.82) is 0 Å². The molecule has 2 saturated carbocycles. The first-order valence-electron chi connectivity index (χ1n) is 13.6. The second-order valence-corrected chi connectivity index (χ2v) is 11.9. The van der Waals surface area contributed by atoms with E-state index in [1.165, 1.54) is 12.8 Å². The quantitative estimate of drug-likeness (QED) is 0.513. The van der Waals surface area contributed by atoms with Crippen molar-refractivity contribution in [2.75, 3.05) is 24.5 Å². The summed E-state index contributed by atoms with van der Waals surface area (Å²) in [5, 5.41) is 8.02. The van der Waals surface area contributed by atoms with Gasteiger partial charge in [-0.25, -0.2) is 9.78 Å². The number of amides is 1. The van der Waals surface area contributed by atoms with Gasteiger partial charge < -0.3 is 20.7 Å². The molecule has 0 bridgehead atoms. The predicted octanol–water partition coefficient (Wildman–Crippen LogP) is 4.38. The SMILES string of the molecule is CC(C)(C)OC(=O)NC1CCN(c2ccc3ncc(-c4cn([C@H]5C[C@H](CN)C5)nc4C4CC4)nc3c2)C1. The minimum Gasteiger partial charge on any atom is -0.444 e. The van der Waals surface area contributed by atoms with Crippen LogP contribution in [-0.4, -0.2) is 57.1 Å². The lowest BCUT2D eigenvalue weighted by molar-refractivity contribution is 0.0509. The average molecular weight is 504 g/mol. The van der Waals surface area contributed by atoms with Crippen LogP contribution in [0.5, 0.6) is 0 Å². The summed E-state index contributed by atoms with van der Waals surface area (Å²) in [6.45, 7) is 7.99. The van der Waals surface area contributed by atoms with Crippen molar-refractivity contribution in [2.24, 2.45) is 11.7 Å². The normalized spacial score (nSPS) is 23.8.